The highest BCUT2D eigenvalue weighted by atomic mass is 16.1. The summed E-state index contributed by atoms with van der Waals surface area (Å²) < 4.78 is 0. The average molecular weight is 363 g/mol. The second-order valence-corrected chi connectivity index (χ2v) is 8.13. The van der Waals surface area contributed by atoms with Gasteiger partial charge in [-0.25, -0.2) is 9.97 Å². The number of piperazine rings is 1. The highest BCUT2D eigenvalue weighted by Gasteiger charge is 2.45. The number of hydrogen-bond acceptors (Lipinski definition) is 5. The van der Waals surface area contributed by atoms with Gasteiger partial charge < -0.3 is 10.2 Å². The monoisotopic (exact) mass is 363 g/mol. The second kappa shape index (κ2) is 6.30. The number of nitrogens with one attached hydrogen (secondary N) is 1. The zero-order valence-electron chi connectivity index (χ0n) is 15.6. The molecule has 2 atom stereocenters. The molecule has 6 nitrogen and oxygen atoms in total. The first-order chi connectivity index (χ1) is 13.1. The standard InChI is InChI=1S/C21H25N5O/c1-15(27)24-21(7-8-21)17-5-3-16(4-6-17)12-25-13-19-11-18(25)14-26(19)20-22-9-2-10-23-20/h2-6,9-10,18-19H,7-8,11-14H2,1H3,(H,24,27)/t18-,19+/m1/s1. The summed E-state index contributed by atoms with van der Waals surface area (Å²) in [4.78, 5) is 25.2. The first-order valence-corrected chi connectivity index (χ1v) is 9.79. The van der Waals surface area contributed by atoms with E-state index in [1.165, 1.54) is 17.5 Å². The van der Waals surface area contributed by atoms with Gasteiger partial charge in [-0.3, -0.25) is 9.69 Å². The van der Waals surface area contributed by atoms with Crippen LogP contribution in [0.15, 0.2) is 42.7 Å². The van der Waals surface area contributed by atoms with E-state index >= 15 is 0 Å². The fraction of sp³-hybridized carbons (Fsp3) is 0.476. The van der Waals surface area contributed by atoms with Crippen molar-refractivity contribution in [3.05, 3.63) is 53.9 Å². The largest absolute Gasteiger partial charge is 0.347 e. The van der Waals surface area contributed by atoms with Crippen LogP contribution in [0.5, 0.6) is 0 Å². The van der Waals surface area contributed by atoms with Crippen molar-refractivity contribution in [3.63, 3.8) is 0 Å². The Balaban J connectivity index is 1.22. The Morgan fingerprint density at radius 2 is 1.89 bits per heavy atom. The number of likely N-dealkylation sites (tertiary alicyclic amines) is 1. The molecule has 1 saturated carbocycles. The number of nitrogens with zero attached hydrogens (tertiary/aromatic N) is 4. The number of rotatable bonds is 5. The third-order valence-corrected chi connectivity index (χ3v) is 6.22. The van der Waals surface area contributed by atoms with E-state index in [9.17, 15) is 4.79 Å². The Morgan fingerprint density at radius 1 is 1.15 bits per heavy atom. The van der Waals surface area contributed by atoms with E-state index in [-0.39, 0.29) is 11.4 Å². The molecule has 0 unspecified atom stereocenters. The predicted octanol–water partition coefficient (Wildman–Crippen LogP) is 2.06. The van der Waals surface area contributed by atoms with Gasteiger partial charge in [0.2, 0.25) is 11.9 Å². The van der Waals surface area contributed by atoms with E-state index in [2.05, 4.69) is 49.4 Å². The number of amides is 1. The molecule has 1 N–H and O–H groups in total. The van der Waals surface area contributed by atoms with E-state index < -0.39 is 0 Å². The van der Waals surface area contributed by atoms with E-state index in [4.69, 9.17) is 0 Å². The topological polar surface area (TPSA) is 61.4 Å². The lowest BCUT2D eigenvalue weighted by Gasteiger charge is -2.34. The molecule has 2 aliphatic heterocycles. The van der Waals surface area contributed by atoms with Gasteiger partial charge in [-0.15, -0.1) is 0 Å². The quantitative estimate of drug-likeness (QED) is 0.881. The first-order valence-electron chi connectivity index (χ1n) is 9.79. The second-order valence-electron chi connectivity index (χ2n) is 8.13. The van der Waals surface area contributed by atoms with Crippen LogP contribution in [0, 0.1) is 0 Å². The lowest BCUT2D eigenvalue weighted by Crippen LogP contribution is -2.46. The van der Waals surface area contributed by atoms with E-state index in [1.54, 1.807) is 6.92 Å². The Labute approximate surface area is 159 Å². The molecule has 6 heteroatoms. The van der Waals surface area contributed by atoms with Crippen molar-refractivity contribution < 1.29 is 4.79 Å². The van der Waals surface area contributed by atoms with Gasteiger partial charge in [0.15, 0.2) is 0 Å². The molecule has 1 amide bonds. The molecule has 1 aromatic heterocycles. The normalized spacial score (nSPS) is 25.6. The number of hydrogen-bond donors (Lipinski definition) is 1. The van der Waals surface area contributed by atoms with Gasteiger partial charge in [0.05, 0.1) is 5.54 Å². The highest BCUT2D eigenvalue weighted by Crippen LogP contribution is 2.45. The van der Waals surface area contributed by atoms with Gasteiger partial charge in [-0.1, -0.05) is 24.3 Å². The van der Waals surface area contributed by atoms with Crippen LogP contribution in [-0.4, -0.2) is 45.9 Å². The molecule has 5 rings (SSSR count). The zero-order valence-corrected chi connectivity index (χ0v) is 15.6. The minimum Gasteiger partial charge on any atom is -0.347 e. The fourth-order valence-electron chi connectivity index (χ4n) is 4.74. The van der Waals surface area contributed by atoms with Crippen LogP contribution in [0.1, 0.15) is 37.3 Å². The lowest BCUT2D eigenvalue weighted by molar-refractivity contribution is -0.120. The molecule has 0 spiro atoms. The Kier molecular flexibility index (Phi) is 3.90. The lowest BCUT2D eigenvalue weighted by atomic mass is 10.0. The maximum absolute atomic E-state index is 11.4. The number of carbonyl (C=O) groups is 1. The summed E-state index contributed by atoms with van der Waals surface area (Å²) in [7, 11) is 0. The molecule has 2 aromatic rings. The summed E-state index contributed by atoms with van der Waals surface area (Å²) in [5.41, 5.74) is 2.47. The third-order valence-electron chi connectivity index (χ3n) is 6.22. The van der Waals surface area contributed by atoms with Crippen LogP contribution in [-0.2, 0) is 16.9 Å². The minimum atomic E-state index is -0.104. The van der Waals surface area contributed by atoms with Crippen LogP contribution in [0.2, 0.25) is 0 Å². The number of anilines is 1. The summed E-state index contributed by atoms with van der Waals surface area (Å²) in [6, 6.07) is 11.8. The number of carbonyl (C=O) groups excluding carboxylic acids is 1. The van der Waals surface area contributed by atoms with Gasteiger partial charge in [-0.2, -0.15) is 0 Å². The summed E-state index contributed by atoms with van der Waals surface area (Å²) in [6.45, 7) is 4.66. The summed E-state index contributed by atoms with van der Waals surface area (Å²) in [5.74, 6) is 0.915. The van der Waals surface area contributed by atoms with Gasteiger partial charge in [0, 0.05) is 51.0 Å². The molecule has 1 aliphatic carbocycles. The molecule has 140 valence electrons. The van der Waals surface area contributed by atoms with E-state index in [0.717, 1.165) is 38.4 Å². The average Bonchev–Trinajstić information content (AvgIpc) is 3.17. The van der Waals surface area contributed by atoms with Crippen molar-refractivity contribution in [1.29, 1.82) is 0 Å². The Morgan fingerprint density at radius 3 is 2.48 bits per heavy atom. The van der Waals surface area contributed by atoms with Crippen molar-refractivity contribution in [2.45, 2.75) is 50.4 Å². The van der Waals surface area contributed by atoms with E-state index in [0.29, 0.717) is 12.1 Å². The number of benzene rings is 1. The number of aromatic nitrogens is 2. The molecule has 1 aromatic carbocycles. The van der Waals surface area contributed by atoms with Gasteiger partial charge >= 0.3 is 0 Å². The van der Waals surface area contributed by atoms with Gasteiger partial charge in [-0.05, 0) is 36.5 Å². The van der Waals surface area contributed by atoms with Crippen molar-refractivity contribution >= 4 is 11.9 Å². The third kappa shape index (κ3) is 3.08. The summed E-state index contributed by atoms with van der Waals surface area (Å²) in [6.07, 6.45) is 6.92. The zero-order chi connectivity index (χ0) is 18.4. The maximum atomic E-state index is 11.4. The van der Waals surface area contributed by atoms with Crippen LogP contribution in [0.3, 0.4) is 0 Å². The van der Waals surface area contributed by atoms with Crippen molar-refractivity contribution in [2.75, 3.05) is 18.0 Å². The van der Waals surface area contributed by atoms with Crippen LogP contribution >= 0.6 is 0 Å². The predicted molar refractivity (Wildman–Crippen MR) is 103 cm³/mol. The van der Waals surface area contributed by atoms with Crippen molar-refractivity contribution in [2.24, 2.45) is 0 Å². The summed E-state index contributed by atoms with van der Waals surface area (Å²) in [5, 5.41) is 3.11. The van der Waals surface area contributed by atoms with Crippen LogP contribution in [0.25, 0.3) is 0 Å². The number of fused-ring (bicyclic) bond motifs is 2. The van der Waals surface area contributed by atoms with Crippen LogP contribution < -0.4 is 10.2 Å². The van der Waals surface area contributed by atoms with E-state index in [1.807, 2.05) is 18.5 Å². The molecule has 2 saturated heterocycles. The molecule has 3 aliphatic rings. The maximum Gasteiger partial charge on any atom is 0.225 e. The fourth-order valence-corrected chi connectivity index (χ4v) is 4.74. The molecule has 0 radical (unpaired) electrons. The van der Waals surface area contributed by atoms with Crippen molar-refractivity contribution in [1.82, 2.24) is 20.2 Å². The van der Waals surface area contributed by atoms with Crippen molar-refractivity contribution in [3.8, 4) is 0 Å². The molecule has 2 bridgehead atoms. The van der Waals surface area contributed by atoms with Gasteiger partial charge in [0.1, 0.15) is 0 Å². The molecular formula is C21H25N5O. The first kappa shape index (κ1) is 16.7. The molecule has 3 fully saturated rings. The van der Waals surface area contributed by atoms with Crippen LogP contribution in [0.4, 0.5) is 5.95 Å². The summed E-state index contributed by atoms with van der Waals surface area (Å²) >= 11 is 0. The SMILES string of the molecule is CC(=O)NC1(c2ccc(CN3C[C@@H]4C[C@@H]3CN4c3ncccn3)cc2)CC1. The Hall–Kier alpha value is -2.47. The molecule has 27 heavy (non-hydrogen) atoms. The minimum absolute atomic E-state index is 0.0524. The molecular weight excluding hydrogens is 338 g/mol. The smallest absolute Gasteiger partial charge is 0.225 e. The molecule has 3 heterocycles. The Bertz CT molecular complexity index is 833. The van der Waals surface area contributed by atoms with Gasteiger partial charge in [0.25, 0.3) is 0 Å². The highest BCUT2D eigenvalue weighted by molar-refractivity contribution is 5.74.